The molecule has 3 aromatic rings. The quantitative estimate of drug-likeness (QED) is 0.570. The van der Waals surface area contributed by atoms with Crippen molar-refractivity contribution in [3.63, 3.8) is 0 Å². The van der Waals surface area contributed by atoms with E-state index in [-0.39, 0.29) is 12.7 Å². The number of pyridine rings is 2. The molecule has 1 fully saturated rings. The van der Waals surface area contributed by atoms with Crippen molar-refractivity contribution in [1.29, 1.82) is 0 Å². The molecule has 0 spiro atoms. The summed E-state index contributed by atoms with van der Waals surface area (Å²) in [5, 5.41) is 10.2. The van der Waals surface area contributed by atoms with Gasteiger partial charge in [-0.05, 0) is 63.8 Å². The second-order valence-electron chi connectivity index (χ2n) is 9.14. The molecule has 2 aromatic heterocycles. The Hall–Kier alpha value is -2.68. The molecule has 3 heterocycles. The predicted molar refractivity (Wildman–Crippen MR) is 123 cm³/mol. The molecule has 1 aliphatic rings. The Morgan fingerprint density at radius 1 is 1.00 bits per heavy atom. The van der Waals surface area contributed by atoms with Gasteiger partial charge in [0.05, 0.1) is 35.7 Å². The van der Waals surface area contributed by atoms with Crippen LogP contribution in [-0.2, 0) is 15.9 Å². The molecule has 1 aromatic carbocycles. The van der Waals surface area contributed by atoms with E-state index in [1.807, 2.05) is 58.9 Å². The molecule has 8 heteroatoms. The maximum atomic E-state index is 9.22. The van der Waals surface area contributed by atoms with Crippen LogP contribution >= 0.6 is 0 Å². The van der Waals surface area contributed by atoms with Crippen LogP contribution < -0.4 is 14.9 Å². The Kier molecular flexibility index (Phi) is 6.12. The van der Waals surface area contributed by atoms with E-state index in [1.54, 1.807) is 24.7 Å². The van der Waals surface area contributed by atoms with Crippen LogP contribution in [0.25, 0.3) is 10.9 Å². The van der Waals surface area contributed by atoms with E-state index in [2.05, 4.69) is 9.97 Å². The summed E-state index contributed by atoms with van der Waals surface area (Å²) in [6, 6.07) is 9.71. The van der Waals surface area contributed by atoms with E-state index in [0.717, 1.165) is 16.4 Å². The summed E-state index contributed by atoms with van der Waals surface area (Å²) < 4.78 is 24.1. The Morgan fingerprint density at radius 3 is 2.47 bits per heavy atom. The minimum Gasteiger partial charge on any atom is -0.488 e. The molecule has 0 saturated carbocycles. The van der Waals surface area contributed by atoms with Crippen LogP contribution in [0.3, 0.4) is 0 Å². The first-order valence-corrected chi connectivity index (χ1v) is 10.8. The monoisotopic (exact) mass is 436 g/mol. The third-order valence-corrected chi connectivity index (χ3v) is 5.98. The minimum atomic E-state index is -0.426. The van der Waals surface area contributed by atoms with Crippen molar-refractivity contribution in [3.8, 4) is 11.5 Å². The highest BCUT2D eigenvalue weighted by atomic mass is 16.7. The number of aromatic nitrogens is 2. The number of hydrogen-bond acceptors (Lipinski definition) is 7. The molecule has 1 N–H and O–H groups in total. The van der Waals surface area contributed by atoms with Gasteiger partial charge in [-0.3, -0.25) is 9.97 Å². The van der Waals surface area contributed by atoms with Crippen molar-refractivity contribution in [2.24, 2.45) is 0 Å². The highest BCUT2D eigenvalue weighted by Gasteiger charge is 2.51. The van der Waals surface area contributed by atoms with E-state index < -0.39 is 18.3 Å². The van der Waals surface area contributed by atoms with Crippen molar-refractivity contribution < 1.29 is 23.9 Å². The van der Waals surface area contributed by atoms with Crippen LogP contribution in [-0.4, -0.2) is 46.1 Å². The Balaban J connectivity index is 1.44. The molecule has 7 nitrogen and oxygen atoms in total. The average molecular weight is 436 g/mol. The summed E-state index contributed by atoms with van der Waals surface area (Å²) in [6.07, 6.45) is 4.71. The van der Waals surface area contributed by atoms with E-state index in [9.17, 15) is 5.11 Å². The lowest BCUT2D eigenvalue weighted by atomic mass is 9.78. The van der Waals surface area contributed by atoms with Gasteiger partial charge in [-0.25, -0.2) is 0 Å². The lowest BCUT2D eigenvalue weighted by molar-refractivity contribution is 0.00578. The van der Waals surface area contributed by atoms with E-state index in [1.165, 1.54) is 0 Å². The molecule has 0 bridgehead atoms. The molecule has 32 heavy (non-hydrogen) atoms. The van der Waals surface area contributed by atoms with Crippen LogP contribution in [0, 0.1) is 0 Å². The van der Waals surface area contributed by atoms with Gasteiger partial charge in [0.15, 0.2) is 0 Å². The minimum absolute atomic E-state index is 0.0765. The Bertz CT molecular complexity index is 1090. The molecule has 1 atom stereocenters. The summed E-state index contributed by atoms with van der Waals surface area (Å²) in [5.74, 6) is 1.25. The first-order valence-electron chi connectivity index (χ1n) is 10.8. The van der Waals surface area contributed by atoms with Gasteiger partial charge < -0.3 is 23.9 Å². The van der Waals surface area contributed by atoms with Crippen LogP contribution in [0.5, 0.6) is 11.5 Å². The molecule has 168 valence electrons. The van der Waals surface area contributed by atoms with Gasteiger partial charge in [0.2, 0.25) is 0 Å². The molecule has 0 aliphatic carbocycles. The zero-order chi connectivity index (χ0) is 22.9. The van der Waals surface area contributed by atoms with Gasteiger partial charge in [0.25, 0.3) is 0 Å². The van der Waals surface area contributed by atoms with Crippen LogP contribution in [0.4, 0.5) is 0 Å². The third-order valence-electron chi connectivity index (χ3n) is 5.98. The fourth-order valence-electron chi connectivity index (χ4n) is 3.43. The standard InChI is InChI=1S/C24H29BN2O5/c1-16(15-29-20-8-17(14-28)11-26-12-20)30-21-10-18-9-19(6-7-22(18)27-13-21)25-31-23(2,3)24(4,5)32-25/h6-13,16,28H,14-15H2,1-5H3/t16-/m1/s1. The molecule has 0 radical (unpaired) electrons. The molecular weight excluding hydrogens is 407 g/mol. The average Bonchev–Trinajstić information content (AvgIpc) is 2.99. The van der Waals surface area contributed by atoms with Gasteiger partial charge in [-0.2, -0.15) is 0 Å². The Morgan fingerprint density at radius 2 is 1.75 bits per heavy atom. The predicted octanol–water partition coefficient (Wildman–Crippen LogP) is 3.27. The van der Waals surface area contributed by atoms with Crippen molar-refractivity contribution in [2.45, 2.75) is 58.5 Å². The summed E-state index contributed by atoms with van der Waals surface area (Å²) in [6.45, 7) is 10.4. The summed E-state index contributed by atoms with van der Waals surface area (Å²) in [7, 11) is -0.426. The second kappa shape index (κ2) is 8.69. The first kappa shape index (κ1) is 22.5. The van der Waals surface area contributed by atoms with Gasteiger partial charge in [0.1, 0.15) is 24.2 Å². The van der Waals surface area contributed by atoms with E-state index >= 15 is 0 Å². The number of rotatable bonds is 7. The van der Waals surface area contributed by atoms with Gasteiger partial charge in [-0.1, -0.05) is 12.1 Å². The van der Waals surface area contributed by atoms with Crippen LogP contribution in [0.15, 0.2) is 48.9 Å². The number of aliphatic hydroxyl groups excluding tert-OH is 1. The zero-order valence-electron chi connectivity index (χ0n) is 19.2. The van der Waals surface area contributed by atoms with Gasteiger partial charge >= 0.3 is 7.12 Å². The van der Waals surface area contributed by atoms with Crippen molar-refractivity contribution in [3.05, 3.63) is 54.5 Å². The maximum absolute atomic E-state index is 9.22. The van der Waals surface area contributed by atoms with Crippen LogP contribution in [0.1, 0.15) is 40.2 Å². The smallest absolute Gasteiger partial charge is 0.488 e. The molecule has 4 rings (SSSR count). The number of hydrogen-bond donors (Lipinski definition) is 1. The fraction of sp³-hybridized carbons (Fsp3) is 0.417. The van der Waals surface area contributed by atoms with Gasteiger partial charge in [-0.15, -0.1) is 0 Å². The van der Waals surface area contributed by atoms with Crippen LogP contribution in [0.2, 0.25) is 0 Å². The molecule has 0 amide bonds. The SMILES string of the molecule is C[C@H](COc1cncc(CO)c1)Oc1cnc2ccc(B3OC(C)(C)C(C)(C)O3)cc2c1. The topological polar surface area (TPSA) is 82.9 Å². The fourth-order valence-corrected chi connectivity index (χ4v) is 3.43. The van der Waals surface area contributed by atoms with Crippen molar-refractivity contribution in [2.75, 3.05) is 6.61 Å². The number of fused-ring (bicyclic) bond motifs is 1. The van der Waals surface area contributed by atoms with E-state index in [0.29, 0.717) is 23.7 Å². The zero-order valence-corrected chi connectivity index (χ0v) is 19.2. The highest BCUT2D eigenvalue weighted by molar-refractivity contribution is 6.62. The lowest BCUT2D eigenvalue weighted by Gasteiger charge is -2.32. The number of ether oxygens (including phenoxy) is 2. The number of nitrogens with zero attached hydrogens (tertiary/aromatic N) is 2. The molecule has 1 saturated heterocycles. The largest absolute Gasteiger partial charge is 0.494 e. The summed E-state index contributed by atoms with van der Waals surface area (Å²) in [4.78, 5) is 8.57. The molecular formula is C24H29BN2O5. The van der Waals surface area contributed by atoms with E-state index in [4.69, 9.17) is 18.8 Å². The third kappa shape index (κ3) is 4.72. The Labute approximate surface area is 188 Å². The molecule has 0 unspecified atom stereocenters. The van der Waals surface area contributed by atoms with Gasteiger partial charge in [0, 0.05) is 11.6 Å². The normalized spacial score (nSPS) is 18.0. The lowest BCUT2D eigenvalue weighted by Crippen LogP contribution is -2.41. The number of aliphatic hydroxyl groups is 1. The first-order chi connectivity index (χ1) is 15.2. The maximum Gasteiger partial charge on any atom is 0.494 e. The highest BCUT2D eigenvalue weighted by Crippen LogP contribution is 2.36. The second-order valence-corrected chi connectivity index (χ2v) is 9.14. The number of benzene rings is 1. The van der Waals surface area contributed by atoms with Crippen molar-refractivity contribution >= 4 is 23.5 Å². The summed E-state index contributed by atoms with van der Waals surface area (Å²) in [5.41, 5.74) is 1.73. The summed E-state index contributed by atoms with van der Waals surface area (Å²) >= 11 is 0. The molecule has 1 aliphatic heterocycles. The van der Waals surface area contributed by atoms with Crippen molar-refractivity contribution in [1.82, 2.24) is 9.97 Å².